The summed E-state index contributed by atoms with van der Waals surface area (Å²) in [5.41, 5.74) is 0.810. The van der Waals surface area contributed by atoms with Gasteiger partial charge in [0.1, 0.15) is 5.82 Å². The van der Waals surface area contributed by atoms with E-state index in [-0.39, 0.29) is 24.3 Å². The summed E-state index contributed by atoms with van der Waals surface area (Å²) in [6, 6.07) is 4.22. The molecule has 0 radical (unpaired) electrons. The fourth-order valence-electron chi connectivity index (χ4n) is 2.01. The summed E-state index contributed by atoms with van der Waals surface area (Å²) < 4.78 is 13.2. The van der Waals surface area contributed by atoms with Crippen LogP contribution in [0.15, 0.2) is 18.2 Å². The molecule has 1 saturated heterocycles. The minimum atomic E-state index is -0.567. The van der Waals surface area contributed by atoms with Crippen molar-refractivity contribution >= 4 is 17.6 Å². The third-order valence-corrected chi connectivity index (χ3v) is 3.29. The average molecular weight is 287 g/mol. The number of amides is 2. The predicted molar refractivity (Wildman–Crippen MR) is 70.8 cm³/mol. The van der Waals surface area contributed by atoms with Gasteiger partial charge in [-0.2, -0.15) is 0 Å². The summed E-state index contributed by atoms with van der Waals surface area (Å²) >= 11 is 5.80. The molecular formula is C13H16ClFN2O2. The van der Waals surface area contributed by atoms with E-state index in [0.717, 1.165) is 5.56 Å². The molecule has 1 fully saturated rings. The van der Waals surface area contributed by atoms with Crippen LogP contribution < -0.4 is 5.32 Å². The highest BCUT2D eigenvalue weighted by Crippen LogP contribution is 2.29. The highest BCUT2D eigenvalue weighted by molar-refractivity contribution is 6.30. The van der Waals surface area contributed by atoms with Gasteiger partial charge in [0.15, 0.2) is 0 Å². The lowest BCUT2D eigenvalue weighted by atomic mass is 9.92. The highest BCUT2D eigenvalue weighted by Gasteiger charge is 2.32. The minimum absolute atomic E-state index is 0.116. The van der Waals surface area contributed by atoms with Crippen molar-refractivity contribution in [1.82, 2.24) is 10.2 Å². The quantitative estimate of drug-likeness (QED) is 0.892. The number of rotatable bonds is 3. The maximum atomic E-state index is 13.2. The second-order valence-electron chi connectivity index (χ2n) is 4.84. The Labute approximate surface area is 116 Å². The van der Waals surface area contributed by atoms with Crippen LogP contribution in [0.2, 0.25) is 5.02 Å². The molecule has 0 saturated carbocycles. The number of hydrogen-bond acceptors (Lipinski definition) is 2. The Balaban J connectivity index is 1.87. The molecule has 2 rings (SSSR count). The van der Waals surface area contributed by atoms with E-state index in [4.69, 9.17) is 16.7 Å². The van der Waals surface area contributed by atoms with Crippen molar-refractivity contribution in [3.8, 4) is 0 Å². The molecule has 4 nitrogen and oxygen atoms in total. The predicted octanol–water partition coefficient (Wildman–Crippen LogP) is 1.97. The van der Waals surface area contributed by atoms with E-state index in [1.807, 2.05) is 0 Å². The van der Waals surface area contributed by atoms with E-state index in [0.29, 0.717) is 18.1 Å². The lowest BCUT2D eigenvalue weighted by molar-refractivity contribution is 0.141. The van der Waals surface area contributed by atoms with Crippen LogP contribution in [0.5, 0.6) is 0 Å². The van der Waals surface area contributed by atoms with Crippen molar-refractivity contribution in [3.63, 3.8) is 0 Å². The number of urea groups is 1. The van der Waals surface area contributed by atoms with E-state index in [2.05, 4.69) is 5.32 Å². The molecule has 1 unspecified atom stereocenters. The van der Waals surface area contributed by atoms with Crippen molar-refractivity contribution in [2.45, 2.75) is 18.9 Å². The third kappa shape index (κ3) is 3.58. The largest absolute Gasteiger partial charge is 0.392 e. The number of halogens is 2. The second-order valence-corrected chi connectivity index (χ2v) is 5.28. The smallest absolute Gasteiger partial charge is 0.317 e. The number of hydrogen-bond donors (Lipinski definition) is 2. The van der Waals surface area contributed by atoms with Gasteiger partial charge in [0.2, 0.25) is 0 Å². The van der Waals surface area contributed by atoms with Crippen LogP contribution in [0.3, 0.4) is 0 Å². The van der Waals surface area contributed by atoms with Gasteiger partial charge in [-0.25, -0.2) is 9.18 Å². The van der Waals surface area contributed by atoms with Crippen molar-refractivity contribution in [2.75, 3.05) is 19.6 Å². The molecule has 19 heavy (non-hydrogen) atoms. The molecule has 2 amide bonds. The fraction of sp³-hybridized carbons (Fsp3) is 0.462. The van der Waals surface area contributed by atoms with Gasteiger partial charge in [-0.05, 0) is 30.7 Å². The molecule has 1 aromatic carbocycles. The Bertz CT molecular complexity index is 455. The van der Waals surface area contributed by atoms with Crippen molar-refractivity contribution in [1.29, 1.82) is 0 Å². The molecule has 6 heteroatoms. The van der Waals surface area contributed by atoms with Gasteiger partial charge in [0, 0.05) is 30.6 Å². The molecule has 0 aromatic heterocycles. The SMILES string of the molecule is CC(O)CNC(=O)N1CC(c2cc(F)cc(Cl)c2)C1. The average Bonchev–Trinajstić information content (AvgIpc) is 2.22. The van der Waals surface area contributed by atoms with Crippen molar-refractivity contribution in [3.05, 3.63) is 34.6 Å². The summed E-state index contributed by atoms with van der Waals surface area (Å²) in [6.45, 7) is 2.90. The van der Waals surface area contributed by atoms with Gasteiger partial charge in [-0.1, -0.05) is 11.6 Å². The number of likely N-dealkylation sites (tertiary alicyclic amines) is 1. The number of nitrogens with one attached hydrogen (secondary N) is 1. The molecule has 104 valence electrons. The first-order valence-electron chi connectivity index (χ1n) is 6.12. The van der Waals surface area contributed by atoms with E-state index >= 15 is 0 Å². The Morgan fingerprint density at radius 1 is 1.58 bits per heavy atom. The van der Waals surface area contributed by atoms with Crippen LogP contribution in [0.1, 0.15) is 18.4 Å². The van der Waals surface area contributed by atoms with Crippen molar-refractivity contribution < 1.29 is 14.3 Å². The summed E-state index contributed by atoms with van der Waals surface area (Å²) in [5, 5.41) is 12.1. The van der Waals surface area contributed by atoms with E-state index in [1.165, 1.54) is 12.1 Å². The summed E-state index contributed by atoms with van der Waals surface area (Å²) in [6.07, 6.45) is -0.567. The molecule has 1 atom stereocenters. The zero-order valence-electron chi connectivity index (χ0n) is 10.6. The lowest BCUT2D eigenvalue weighted by Gasteiger charge is -2.39. The molecule has 1 heterocycles. The summed E-state index contributed by atoms with van der Waals surface area (Å²) in [4.78, 5) is 13.3. The normalized spacial score (nSPS) is 16.9. The van der Waals surface area contributed by atoms with Crippen molar-refractivity contribution in [2.24, 2.45) is 0 Å². The first-order chi connectivity index (χ1) is 8.95. The Kier molecular flexibility index (Phi) is 4.27. The second kappa shape index (κ2) is 5.75. The summed E-state index contributed by atoms with van der Waals surface area (Å²) in [5.74, 6) is -0.245. The molecule has 0 bridgehead atoms. The number of nitrogens with zero attached hydrogens (tertiary/aromatic N) is 1. The van der Waals surface area contributed by atoms with Crippen LogP contribution in [0, 0.1) is 5.82 Å². The number of aliphatic hydroxyl groups excluding tert-OH is 1. The fourth-order valence-corrected chi connectivity index (χ4v) is 2.24. The van der Waals surface area contributed by atoms with Crippen LogP contribution in [0.4, 0.5) is 9.18 Å². The molecule has 1 aliphatic rings. The Hall–Kier alpha value is -1.33. The van der Waals surface area contributed by atoms with Crippen LogP contribution in [-0.2, 0) is 0 Å². The maximum Gasteiger partial charge on any atom is 0.317 e. The topological polar surface area (TPSA) is 52.6 Å². The summed E-state index contributed by atoms with van der Waals surface area (Å²) in [7, 11) is 0. The Morgan fingerprint density at radius 3 is 2.84 bits per heavy atom. The van der Waals surface area contributed by atoms with Crippen LogP contribution in [0.25, 0.3) is 0 Å². The van der Waals surface area contributed by atoms with Gasteiger partial charge in [-0.3, -0.25) is 0 Å². The molecule has 1 aromatic rings. The monoisotopic (exact) mass is 286 g/mol. The number of carbonyl (C=O) groups is 1. The van der Waals surface area contributed by atoms with Gasteiger partial charge in [0.25, 0.3) is 0 Å². The van der Waals surface area contributed by atoms with E-state index < -0.39 is 6.10 Å². The highest BCUT2D eigenvalue weighted by atomic mass is 35.5. The van der Waals surface area contributed by atoms with Gasteiger partial charge in [0.05, 0.1) is 6.10 Å². The van der Waals surface area contributed by atoms with Gasteiger partial charge < -0.3 is 15.3 Å². The molecular weight excluding hydrogens is 271 g/mol. The zero-order valence-corrected chi connectivity index (χ0v) is 11.3. The van der Waals surface area contributed by atoms with Gasteiger partial charge >= 0.3 is 6.03 Å². The van der Waals surface area contributed by atoms with Gasteiger partial charge in [-0.15, -0.1) is 0 Å². The maximum absolute atomic E-state index is 13.2. The number of aliphatic hydroxyl groups is 1. The lowest BCUT2D eigenvalue weighted by Crippen LogP contribution is -2.53. The molecule has 1 aliphatic heterocycles. The van der Waals surface area contributed by atoms with E-state index in [1.54, 1.807) is 17.9 Å². The first kappa shape index (κ1) is 14.1. The number of benzene rings is 1. The Morgan fingerprint density at radius 2 is 2.26 bits per heavy atom. The van der Waals surface area contributed by atoms with E-state index in [9.17, 15) is 9.18 Å². The minimum Gasteiger partial charge on any atom is -0.392 e. The van der Waals surface area contributed by atoms with Crippen LogP contribution in [-0.4, -0.2) is 41.8 Å². The standard InChI is InChI=1S/C13H16ClFN2O2/c1-8(18)5-16-13(19)17-6-10(7-17)9-2-11(14)4-12(15)3-9/h2-4,8,10,18H,5-7H2,1H3,(H,16,19). The first-order valence-corrected chi connectivity index (χ1v) is 6.50. The molecule has 0 aliphatic carbocycles. The van der Waals surface area contributed by atoms with Crippen LogP contribution >= 0.6 is 11.6 Å². The number of carbonyl (C=O) groups excluding carboxylic acids is 1. The molecule has 0 spiro atoms. The third-order valence-electron chi connectivity index (χ3n) is 3.07. The zero-order chi connectivity index (χ0) is 14.0. The molecule has 2 N–H and O–H groups in total.